The number of nitrogens with zero attached hydrogens (tertiary/aromatic N) is 5. The molecule has 1 saturated heterocycles. The molecule has 0 saturated carbocycles. The Kier molecular flexibility index (Phi) is 5.23. The van der Waals surface area contributed by atoms with Gasteiger partial charge in [0.15, 0.2) is 0 Å². The van der Waals surface area contributed by atoms with E-state index in [1.165, 1.54) is 4.88 Å². The zero-order valence-electron chi connectivity index (χ0n) is 16.3. The molecule has 1 aromatic carbocycles. The number of thiophene rings is 1. The van der Waals surface area contributed by atoms with Crippen LogP contribution >= 0.6 is 34.5 Å². The Hall–Kier alpha value is -2.41. The summed E-state index contributed by atoms with van der Waals surface area (Å²) < 4.78 is 0. The van der Waals surface area contributed by atoms with Gasteiger partial charge in [0.2, 0.25) is 5.28 Å². The SMILES string of the molecule is Cc1sc2nc(Cl)nc(N3CCN(c4ccccn4)CC3)c2c1-c1ccc(Cl)cc1. The van der Waals surface area contributed by atoms with Crippen LogP contribution in [0.1, 0.15) is 4.88 Å². The lowest BCUT2D eigenvalue weighted by molar-refractivity contribution is 0.643. The summed E-state index contributed by atoms with van der Waals surface area (Å²) in [6, 6.07) is 14.0. The van der Waals surface area contributed by atoms with Crippen molar-refractivity contribution in [1.29, 1.82) is 0 Å². The van der Waals surface area contributed by atoms with Crippen molar-refractivity contribution in [3.63, 3.8) is 0 Å². The Morgan fingerprint density at radius 2 is 1.63 bits per heavy atom. The van der Waals surface area contributed by atoms with E-state index >= 15 is 0 Å². The van der Waals surface area contributed by atoms with E-state index in [1.807, 2.05) is 42.6 Å². The summed E-state index contributed by atoms with van der Waals surface area (Å²) in [4.78, 5) is 20.4. The molecule has 4 heterocycles. The first-order valence-electron chi connectivity index (χ1n) is 9.73. The largest absolute Gasteiger partial charge is 0.353 e. The third kappa shape index (κ3) is 3.60. The molecule has 5 rings (SSSR count). The second kappa shape index (κ2) is 8.02. The monoisotopic (exact) mass is 455 g/mol. The van der Waals surface area contributed by atoms with Gasteiger partial charge in [0, 0.05) is 47.8 Å². The van der Waals surface area contributed by atoms with Crippen LogP contribution in [0.15, 0.2) is 48.7 Å². The van der Waals surface area contributed by atoms with Crippen molar-refractivity contribution in [3.8, 4) is 11.1 Å². The summed E-state index contributed by atoms with van der Waals surface area (Å²) in [6.45, 7) is 5.55. The number of halogens is 2. The molecule has 8 heteroatoms. The Morgan fingerprint density at radius 1 is 0.900 bits per heavy atom. The molecule has 3 aromatic heterocycles. The summed E-state index contributed by atoms with van der Waals surface area (Å²) in [7, 11) is 0. The smallest absolute Gasteiger partial charge is 0.225 e. The Labute approximate surface area is 188 Å². The maximum absolute atomic E-state index is 6.32. The third-order valence-corrected chi connectivity index (χ3v) is 6.79. The fourth-order valence-corrected chi connectivity index (χ4v) is 5.33. The molecular formula is C22H19Cl2N5S. The number of piperazine rings is 1. The highest BCUT2D eigenvalue weighted by Crippen LogP contribution is 2.42. The summed E-state index contributed by atoms with van der Waals surface area (Å²) >= 11 is 14.1. The predicted molar refractivity (Wildman–Crippen MR) is 126 cm³/mol. The maximum atomic E-state index is 6.32. The van der Waals surface area contributed by atoms with Gasteiger partial charge in [-0.15, -0.1) is 11.3 Å². The number of anilines is 2. The fraction of sp³-hybridized carbons (Fsp3) is 0.227. The first-order chi connectivity index (χ1) is 14.6. The predicted octanol–water partition coefficient (Wildman–Crippen LogP) is 5.70. The lowest BCUT2D eigenvalue weighted by Crippen LogP contribution is -2.47. The van der Waals surface area contributed by atoms with Crippen molar-refractivity contribution in [2.24, 2.45) is 0 Å². The number of rotatable bonds is 3. The van der Waals surface area contributed by atoms with Gasteiger partial charge in [-0.05, 0) is 48.4 Å². The van der Waals surface area contributed by atoms with Gasteiger partial charge in [0.25, 0.3) is 0 Å². The van der Waals surface area contributed by atoms with Crippen molar-refractivity contribution < 1.29 is 0 Å². The van der Waals surface area contributed by atoms with Crippen LogP contribution in [0.2, 0.25) is 10.3 Å². The van der Waals surface area contributed by atoms with Gasteiger partial charge >= 0.3 is 0 Å². The van der Waals surface area contributed by atoms with Crippen LogP contribution in [0, 0.1) is 6.92 Å². The fourth-order valence-electron chi connectivity index (χ4n) is 3.95. The zero-order chi connectivity index (χ0) is 20.7. The maximum Gasteiger partial charge on any atom is 0.225 e. The van der Waals surface area contributed by atoms with Crippen molar-refractivity contribution in [2.75, 3.05) is 36.0 Å². The molecule has 0 radical (unpaired) electrons. The third-order valence-electron chi connectivity index (χ3n) is 5.37. The van der Waals surface area contributed by atoms with E-state index in [4.69, 9.17) is 23.2 Å². The van der Waals surface area contributed by atoms with Gasteiger partial charge in [-0.1, -0.05) is 29.8 Å². The number of fused-ring (bicyclic) bond motifs is 1. The Bertz CT molecular complexity index is 1190. The van der Waals surface area contributed by atoms with Crippen LogP contribution in [0.3, 0.4) is 0 Å². The topological polar surface area (TPSA) is 45.2 Å². The number of hydrogen-bond acceptors (Lipinski definition) is 6. The van der Waals surface area contributed by atoms with Gasteiger partial charge in [0.05, 0.1) is 5.39 Å². The highest BCUT2D eigenvalue weighted by molar-refractivity contribution is 7.19. The molecule has 1 aliphatic rings. The molecule has 0 amide bonds. The minimum Gasteiger partial charge on any atom is -0.353 e. The number of hydrogen-bond donors (Lipinski definition) is 0. The number of benzene rings is 1. The second-order valence-corrected chi connectivity index (χ2v) is 9.18. The van der Waals surface area contributed by atoms with Gasteiger partial charge in [-0.2, -0.15) is 4.98 Å². The summed E-state index contributed by atoms with van der Waals surface area (Å²) in [5.74, 6) is 1.91. The highest BCUT2D eigenvalue weighted by atomic mass is 35.5. The van der Waals surface area contributed by atoms with Crippen molar-refractivity contribution >= 4 is 56.4 Å². The van der Waals surface area contributed by atoms with E-state index in [-0.39, 0.29) is 5.28 Å². The standard InChI is InChI=1S/C22H19Cl2N5S/c1-14-18(15-5-7-16(23)8-6-15)19-20(26-22(24)27-21(19)30-14)29-12-10-28(11-13-29)17-4-2-3-9-25-17/h2-9H,10-13H2,1H3. The van der Waals surface area contributed by atoms with Gasteiger partial charge in [0.1, 0.15) is 16.5 Å². The van der Waals surface area contributed by atoms with E-state index in [0.29, 0.717) is 0 Å². The quantitative estimate of drug-likeness (QED) is 0.371. The summed E-state index contributed by atoms with van der Waals surface area (Å²) in [5.41, 5.74) is 2.27. The molecule has 152 valence electrons. The molecule has 30 heavy (non-hydrogen) atoms. The van der Waals surface area contributed by atoms with E-state index in [9.17, 15) is 0 Å². The van der Waals surface area contributed by atoms with E-state index in [0.717, 1.165) is 64.2 Å². The molecule has 1 fully saturated rings. The zero-order valence-corrected chi connectivity index (χ0v) is 18.7. The van der Waals surface area contributed by atoms with Crippen LogP contribution in [-0.4, -0.2) is 41.1 Å². The average molecular weight is 456 g/mol. The molecule has 4 aromatic rings. The summed E-state index contributed by atoms with van der Waals surface area (Å²) in [5, 5.41) is 2.07. The lowest BCUT2D eigenvalue weighted by Gasteiger charge is -2.36. The van der Waals surface area contributed by atoms with Crippen molar-refractivity contribution in [2.45, 2.75) is 6.92 Å². The molecule has 5 nitrogen and oxygen atoms in total. The minimum absolute atomic E-state index is 0.286. The number of aromatic nitrogens is 3. The molecule has 0 unspecified atom stereocenters. The number of pyridine rings is 1. The molecule has 0 N–H and O–H groups in total. The first kappa shape index (κ1) is 19.5. The Balaban J connectivity index is 1.54. The molecule has 0 aliphatic carbocycles. The van der Waals surface area contributed by atoms with E-state index < -0.39 is 0 Å². The molecule has 0 atom stereocenters. The van der Waals surface area contributed by atoms with Crippen LogP contribution in [0.25, 0.3) is 21.3 Å². The van der Waals surface area contributed by atoms with Crippen molar-refractivity contribution in [1.82, 2.24) is 15.0 Å². The van der Waals surface area contributed by atoms with Crippen molar-refractivity contribution in [3.05, 3.63) is 63.8 Å². The summed E-state index contributed by atoms with van der Waals surface area (Å²) in [6.07, 6.45) is 1.84. The normalized spacial score (nSPS) is 14.5. The second-order valence-electron chi connectivity index (χ2n) is 7.20. The van der Waals surface area contributed by atoms with E-state index in [1.54, 1.807) is 11.3 Å². The van der Waals surface area contributed by atoms with E-state index in [2.05, 4.69) is 37.7 Å². The highest BCUT2D eigenvalue weighted by Gasteiger charge is 2.25. The Morgan fingerprint density at radius 3 is 2.33 bits per heavy atom. The molecular weight excluding hydrogens is 437 g/mol. The van der Waals surface area contributed by atoms with Gasteiger partial charge in [-0.3, -0.25) is 0 Å². The molecule has 1 aliphatic heterocycles. The van der Waals surface area contributed by atoms with Gasteiger partial charge < -0.3 is 9.80 Å². The van der Waals surface area contributed by atoms with Gasteiger partial charge in [-0.25, -0.2) is 9.97 Å². The minimum atomic E-state index is 0.286. The van der Waals surface area contributed by atoms with Crippen LogP contribution in [-0.2, 0) is 0 Å². The lowest BCUT2D eigenvalue weighted by atomic mass is 10.0. The molecule has 0 bridgehead atoms. The molecule has 0 spiro atoms. The van der Waals surface area contributed by atoms with Crippen LogP contribution in [0.4, 0.5) is 11.6 Å². The number of aryl methyl sites for hydroxylation is 1. The average Bonchev–Trinajstić information content (AvgIpc) is 3.10. The first-order valence-corrected chi connectivity index (χ1v) is 11.3. The van der Waals surface area contributed by atoms with Crippen LogP contribution < -0.4 is 9.80 Å². The van der Waals surface area contributed by atoms with Crippen LogP contribution in [0.5, 0.6) is 0 Å².